The molecule has 1 fully saturated rings. The minimum Gasteiger partial charge on any atom is -0.335 e. The van der Waals surface area contributed by atoms with Crippen LogP contribution in [0.5, 0.6) is 0 Å². The number of carbonyl (C=O) groups is 2. The van der Waals surface area contributed by atoms with E-state index in [1.54, 1.807) is 0 Å². The van der Waals surface area contributed by atoms with Crippen molar-refractivity contribution in [3.8, 4) is 0 Å². The molecule has 0 bridgehead atoms. The van der Waals surface area contributed by atoms with E-state index >= 15 is 0 Å². The second-order valence-corrected chi connectivity index (χ2v) is 13.9. The predicted octanol–water partition coefficient (Wildman–Crippen LogP) is 4.61. The Morgan fingerprint density at radius 3 is 1.73 bits per heavy atom. The van der Waals surface area contributed by atoms with Crippen LogP contribution in [-0.2, 0) is 22.4 Å². The van der Waals surface area contributed by atoms with Crippen LogP contribution in [0.3, 0.4) is 0 Å². The lowest BCUT2D eigenvalue weighted by molar-refractivity contribution is -0.149. The lowest BCUT2D eigenvalue weighted by atomic mass is 9.92. The number of hydrogen-bond acceptors (Lipinski definition) is 6. The number of rotatable bonds is 15. The van der Waals surface area contributed by atoms with E-state index in [0.29, 0.717) is 38.4 Å². The average Bonchev–Trinajstić information content (AvgIpc) is 3.09. The molecule has 0 aliphatic carbocycles. The lowest BCUT2D eigenvalue weighted by Crippen LogP contribution is -2.65. The van der Waals surface area contributed by atoms with Crippen LogP contribution in [0, 0.1) is 5.92 Å². The first-order valence-corrected chi connectivity index (χ1v) is 17.7. The van der Waals surface area contributed by atoms with Gasteiger partial charge in [0.1, 0.15) is 0 Å². The molecule has 0 aromatic heterocycles. The monoisotopic (exact) mass is 650 g/mol. The second-order valence-electron chi connectivity index (χ2n) is 13.9. The fraction of sp³-hybridized carbons (Fsp3) is 0.450. The van der Waals surface area contributed by atoms with Crippen molar-refractivity contribution in [3.63, 3.8) is 0 Å². The molecule has 48 heavy (non-hydrogen) atoms. The van der Waals surface area contributed by atoms with Gasteiger partial charge < -0.3 is 32.3 Å². The van der Waals surface area contributed by atoms with Crippen LogP contribution in [0.1, 0.15) is 50.7 Å². The molecule has 2 amide bonds. The Bertz CT molecular complexity index is 1660. The molecule has 0 saturated carbocycles. The van der Waals surface area contributed by atoms with Crippen LogP contribution in [0.15, 0.2) is 84.9 Å². The zero-order valence-electron chi connectivity index (χ0n) is 28.7. The summed E-state index contributed by atoms with van der Waals surface area (Å²) < 4.78 is 0. The number of amides is 2. The summed E-state index contributed by atoms with van der Waals surface area (Å²) in [5.41, 5.74) is 21.1. The molecule has 7 N–H and O–H groups in total. The summed E-state index contributed by atoms with van der Waals surface area (Å²) >= 11 is 0. The number of fused-ring (bicyclic) bond motifs is 2. The van der Waals surface area contributed by atoms with Gasteiger partial charge in [-0.15, -0.1) is 0 Å². The zero-order valence-corrected chi connectivity index (χ0v) is 28.7. The highest BCUT2D eigenvalue weighted by molar-refractivity contribution is 5.87. The third-order valence-corrected chi connectivity index (χ3v) is 9.64. The van der Waals surface area contributed by atoms with Crippen molar-refractivity contribution in [3.05, 3.63) is 96.1 Å². The van der Waals surface area contributed by atoms with Crippen molar-refractivity contribution in [1.29, 1.82) is 0 Å². The third-order valence-electron chi connectivity index (χ3n) is 9.64. The molecule has 256 valence electrons. The molecule has 4 aromatic carbocycles. The Kier molecular flexibility index (Phi) is 12.6. The van der Waals surface area contributed by atoms with E-state index in [4.69, 9.17) is 17.2 Å². The van der Waals surface area contributed by atoms with Crippen LogP contribution in [0.2, 0.25) is 0 Å². The molecule has 0 unspecified atom stereocenters. The van der Waals surface area contributed by atoms with Gasteiger partial charge in [-0.25, -0.2) is 0 Å². The summed E-state index contributed by atoms with van der Waals surface area (Å²) in [6, 6.07) is 27.4. The Balaban J connectivity index is 1.33. The summed E-state index contributed by atoms with van der Waals surface area (Å²) in [7, 11) is 0. The van der Waals surface area contributed by atoms with E-state index in [9.17, 15) is 9.59 Å². The largest absolute Gasteiger partial charge is 0.335 e. The number of nitrogens with two attached hydrogens (primary N) is 3. The second kappa shape index (κ2) is 17.0. The quantitative estimate of drug-likeness (QED) is 0.139. The molecule has 1 saturated heterocycles. The molecule has 1 aliphatic heterocycles. The molecule has 4 atom stereocenters. The maximum atomic E-state index is 14.2. The molecule has 8 heteroatoms. The Morgan fingerprint density at radius 2 is 1.21 bits per heavy atom. The molecule has 1 aliphatic rings. The van der Waals surface area contributed by atoms with E-state index in [0.717, 1.165) is 60.7 Å². The van der Waals surface area contributed by atoms with Gasteiger partial charge in [-0.2, -0.15) is 0 Å². The summed E-state index contributed by atoms with van der Waals surface area (Å²) in [5.74, 6) is 0.252. The van der Waals surface area contributed by atoms with Gasteiger partial charge in [-0.1, -0.05) is 105 Å². The Morgan fingerprint density at radius 1 is 0.708 bits per heavy atom. The number of benzene rings is 4. The molecule has 4 aromatic rings. The van der Waals surface area contributed by atoms with Crippen LogP contribution < -0.4 is 22.5 Å². The van der Waals surface area contributed by atoms with Gasteiger partial charge in [0.15, 0.2) is 0 Å². The van der Waals surface area contributed by atoms with E-state index in [1.807, 2.05) is 34.1 Å². The minimum absolute atomic E-state index is 0.0454. The van der Waals surface area contributed by atoms with Gasteiger partial charge in [0.05, 0.1) is 12.1 Å². The molecule has 0 spiro atoms. The summed E-state index contributed by atoms with van der Waals surface area (Å²) in [5, 5.41) is 7.97. The van der Waals surface area contributed by atoms with Gasteiger partial charge >= 0.3 is 0 Å². The van der Waals surface area contributed by atoms with Crippen LogP contribution in [0.4, 0.5) is 0 Å². The van der Waals surface area contributed by atoms with Crippen molar-refractivity contribution in [2.75, 3.05) is 32.7 Å². The van der Waals surface area contributed by atoms with Crippen LogP contribution >= 0.6 is 0 Å². The van der Waals surface area contributed by atoms with E-state index in [-0.39, 0.29) is 23.9 Å². The van der Waals surface area contributed by atoms with Crippen molar-refractivity contribution < 1.29 is 9.59 Å². The predicted molar refractivity (Wildman–Crippen MR) is 197 cm³/mol. The average molecular weight is 651 g/mol. The maximum Gasteiger partial charge on any atom is 0.240 e. The maximum absolute atomic E-state index is 14.2. The topological polar surface area (TPSA) is 131 Å². The molecule has 1 heterocycles. The normalized spacial score (nSPS) is 18.0. The first kappa shape index (κ1) is 35.5. The molecule has 8 nitrogen and oxygen atoms in total. The number of hydrogen-bond donors (Lipinski definition) is 4. The summed E-state index contributed by atoms with van der Waals surface area (Å²) in [4.78, 5) is 32.3. The molecular formula is C40H54N6O2. The summed E-state index contributed by atoms with van der Waals surface area (Å²) in [6.07, 6.45) is 4.39. The minimum atomic E-state index is -0.669. The van der Waals surface area contributed by atoms with Gasteiger partial charge in [0.2, 0.25) is 11.8 Å². The smallest absolute Gasteiger partial charge is 0.240 e. The fourth-order valence-corrected chi connectivity index (χ4v) is 7.18. The van der Waals surface area contributed by atoms with Crippen molar-refractivity contribution >= 4 is 33.4 Å². The molecule has 0 radical (unpaired) electrons. The number of unbranched alkanes of at least 4 members (excludes halogenated alkanes) is 1. The Labute approximate surface area is 286 Å². The third kappa shape index (κ3) is 9.20. The van der Waals surface area contributed by atoms with Gasteiger partial charge in [-0.3, -0.25) is 9.59 Å². The fourth-order valence-electron chi connectivity index (χ4n) is 7.18. The highest BCUT2D eigenvalue weighted by atomic mass is 16.2. The van der Waals surface area contributed by atoms with Crippen LogP contribution in [0.25, 0.3) is 21.5 Å². The Hall–Kier alpha value is -3.82. The van der Waals surface area contributed by atoms with Gasteiger partial charge in [0.25, 0.3) is 0 Å². The van der Waals surface area contributed by atoms with Crippen molar-refractivity contribution in [2.24, 2.45) is 23.1 Å². The number of nitrogens with one attached hydrogen (secondary N) is 1. The number of piperazine rings is 1. The van der Waals surface area contributed by atoms with Gasteiger partial charge in [0, 0.05) is 38.3 Å². The standard InChI is InChI=1S/C40H54N6O2/c1-28(2)21-36-27-45(39(47)37(42)24-29-14-16-31-9-3-5-11-33(31)22-29)35(13-7-8-19-44-20-18-41)26-46(36)40(48)38(43)25-30-15-17-32-10-4-6-12-34(32)23-30/h3-6,9-12,14-17,22-23,28,35-38,44H,7-8,13,18-21,24-27,41-43H2,1-2H3/t35-,36+,37+,38+/m0/s1. The lowest BCUT2D eigenvalue weighted by Gasteiger charge is -2.48. The number of nitrogens with zero attached hydrogens (tertiary/aromatic N) is 2. The first-order valence-electron chi connectivity index (χ1n) is 17.7. The van der Waals surface area contributed by atoms with E-state index < -0.39 is 12.1 Å². The molecular weight excluding hydrogens is 596 g/mol. The highest BCUT2D eigenvalue weighted by Gasteiger charge is 2.40. The van der Waals surface area contributed by atoms with Gasteiger partial charge in [-0.05, 0) is 77.2 Å². The van der Waals surface area contributed by atoms with Crippen molar-refractivity contribution in [1.82, 2.24) is 15.1 Å². The molecule has 5 rings (SSSR count). The zero-order chi connectivity index (χ0) is 34.0. The van der Waals surface area contributed by atoms with E-state index in [1.165, 1.54) is 10.8 Å². The highest BCUT2D eigenvalue weighted by Crippen LogP contribution is 2.27. The summed E-state index contributed by atoms with van der Waals surface area (Å²) in [6.45, 7) is 7.51. The number of carbonyl (C=O) groups excluding carboxylic acids is 2. The first-order chi connectivity index (χ1) is 23.2. The van der Waals surface area contributed by atoms with Crippen LogP contribution in [-0.4, -0.2) is 78.5 Å². The van der Waals surface area contributed by atoms with E-state index in [2.05, 4.69) is 79.8 Å². The van der Waals surface area contributed by atoms with Crippen molar-refractivity contribution in [2.45, 2.75) is 76.5 Å². The SMILES string of the molecule is CC(C)C[C@@H]1CN(C(=O)[C@H](N)Cc2ccc3ccccc3c2)[C@@H](CCCCNCCN)CN1C(=O)[C@H](N)Cc1ccc2ccccc2c1.